The first-order valence-electron chi connectivity index (χ1n) is 6.00. The largest absolute Gasteiger partial charge is 0.312 e. The number of nitrogens with one attached hydrogen (secondary N) is 1. The van der Waals surface area contributed by atoms with Gasteiger partial charge in [0.05, 0.1) is 16.1 Å². The minimum atomic E-state index is -0.385. The summed E-state index contributed by atoms with van der Waals surface area (Å²) in [6.45, 7) is 3.61. The maximum absolute atomic E-state index is 10.5. The minimum absolute atomic E-state index is 0.129. The van der Waals surface area contributed by atoms with Gasteiger partial charge in [0.2, 0.25) is 0 Å². The Bertz CT molecular complexity index is 551. The summed E-state index contributed by atoms with van der Waals surface area (Å²) in [6.07, 6.45) is 0.962. The third-order valence-electron chi connectivity index (χ3n) is 2.85. The number of aromatic nitrogens is 1. The van der Waals surface area contributed by atoms with Crippen LogP contribution >= 0.6 is 11.3 Å². The van der Waals surface area contributed by atoms with E-state index in [9.17, 15) is 10.1 Å². The molecule has 1 aromatic carbocycles. The number of thiazole rings is 1. The molecule has 0 unspecified atom stereocenters. The molecule has 1 N–H and O–H groups in total. The molecule has 1 aromatic heterocycles. The summed E-state index contributed by atoms with van der Waals surface area (Å²) in [6, 6.07) is 6.63. The van der Waals surface area contributed by atoms with Gasteiger partial charge in [0.1, 0.15) is 0 Å². The molecule has 1 heterocycles. The van der Waals surface area contributed by atoms with Crippen LogP contribution in [0.5, 0.6) is 0 Å². The van der Waals surface area contributed by atoms with Crippen LogP contribution in [0.15, 0.2) is 29.8 Å². The molecule has 0 saturated carbocycles. The Morgan fingerprint density at radius 1 is 1.37 bits per heavy atom. The van der Waals surface area contributed by atoms with E-state index >= 15 is 0 Å². The fourth-order valence-electron chi connectivity index (χ4n) is 1.74. The van der Waals surface area contributed by atoms with E-state index in [1.165, 1.54) is 17.0 Å². The average molecular weight is 277 g/mol. The molecule has 0 bridgehead atoms. The van der Waals surface area contributed by atoms with Crippen LogP contribution in [-0.2, 0) is 13.0 Å². The predicted octanol–water partition coefficient (Wildman–Crippen LogP) is 2.69. The number of non-ortho nitro benzene ring substituents is 1. The van der Waals surface area contributed by atoms with E-state index in [1.54, 1.807) is 23.5 Å². The van der Waals surface area contributed by atoms with Crippen molar-refractivity contribution >= 4 is 17.0 Å². The van der Waals surface area contributed by atoms with Crippen LogP contribution in [0.25, 0.3) is 0 Å². The van der Waals surface area contributed by atoms with Gasteiger partial charge in [0.25, 0.3) is 5.69 Å². The summed E-state index contributed by atoms with van der Waals surface area (Å²) in [5.41, 5.74) is 4.14. The second-order valence-electron chi connectivity index (χ2n) is 4.21. The number of aryl methyl sites for hydroxylation is 1. The summed E-state index contributed by atoms with van der Waals surface area (Å²) in [4.78, 5) is 15.6. The first kappa shape index (κ1) is 13.6. The minimum Gasteiger partial charge on any atom is -0.312 e. The van der Waals surface area contributed by atoms with Crippen LogP contribution in [-0.4, -0.2) is 16.5 Å². The predicted molar refractivity (Wildman–Crippen MR) is 75.4 cm³/mol. The molecule has 0 aliphatic rings. The maximum Gasteiger partial charge on any atom is 0.269 e. The highest BCUT2D eigenvalue weighted by Crippen LogP contribution is 2.13. The molecule has 0 aliphatic carbocycles. The normalized spacial score (nSPS) is 10.6. The molecule has 0 amide bonds. The van der Waals surface area contributed by atoms with Gasteiger partial charge >= 0.3 is 0 Å². The van der Waals surface area contributed by atoms with Crippen molar-refractivity contribution in [2.45, 2.75) is 19.9 Å². The molecule has 6 heteroatoms. The molecule has 5 nitrogen and oxygen atoms in total. The fourth-order valence-corrected chi connectivity index (χ4v) is 2.52. The highest BCUT2D eigenvalue weighted by Gasteiger charge is 2.04. The molecule has 0 fully saturated rings. The first-order chi connectivity index (χ1) is 9.16. The highest BCUT2D eigenvalue weighted by atomic mass is 32.1. The van der Waals surface area contributed by atoms with Crippen molar-refractivity contribution in [1.29, 1.82) is 0 Å². The number of nitrogens with zero attached hydrogens (tertiary/aromatic N) is 2. The Balaban J connectivity index is 1.76. The van der Waals surface area contributed by atoms with Crippen molar-refractivity contribution in [2.24, 2.45) is 0 Å². The van der Waals surface area contributed by atoms with E-state index in [4.69, 9.17) is 0 Å². The topological polar surface area (TPSA) is 68.1 Å². The molecule has 0 aliphatic heterocycles. The number of benzene rings is 1. The van der Waals surface area contributed by atoms with E-state index in [-0.39, 0.29) is 10.6 Å². The van der Waals surface area contributed by atoms with Crippen LogP contribution in [0.4, 0.5) is 5.69 Å². The molecule has 0 atom stereocenters. The molecule has 19 heavy (non-hydrogen) atoms. The van der Waals surface area contributed by atoms with Gasteiger partial charge in [-0.25, -0.2) is 4.98 Å². The summed E-state index contributed by atoms with van der Waals surface area (Å²) in [7, 11) is 0. The Morgan fingerprint density at radius 3 is 2.68 bits per heavy atom. The van der Waals surface area contributed by atoms with Gasteiger partial charge in [0.15, 0.2) is 0 Å². The number of nitro groups is 1. The van der Waals surface area contributed by atoms with Gasteiger partial charge in [-0.1, -0.05) is 12.1 Å². The Labute approximate surface area is 115 Å². The molecule has 0 spiro atoms. The van der Waals surface area contributed by atoms with E-state index < -0.39 is 0 Å². The van der Waals surface area contributed by atoms with E-state index in [2.05, 4.69) is 10.3 Å². The fraction of sp³-hybridized carbons (Fsp3) is 0.308. The van der Waals surface area contributed by atoms with E-state index in [0.29, 0.717) is 0 Å². The average Bonchev–Trinajstić information content (AvgIpc) is 2.81. The van der Waals surface area contributed by atoms with Gasteiger partial charge in [-0.15, -0.1) is 11.3 Å². The number of nitro benzene ring substituents is 1. The third-order valence-corrected chi connectivity index (χ3v) is 3.84. The summed E-state index contributed by atoms with van der Waals surface area (Å²) in [5.74, 6) is 0. The Kier molecular flexibility index (Phi) is 4.59. The van der Waals surface area contributed by atoms with Gasteiger partial charge in [0, 0.05) is 30.1 Å². The van der Waals surface area contributed by atoms with Gasteiger partial charge < -0.3 is 5.32 Å². The van der Waals surface area contributed by atoms with Crippen molar-refractivity contribution < 1.29 is 4.92 Å². The lowest BCUT2D eigenvalue weighted by Gasteiger charge is -2.04. The molecule has 0 radical (unpaired) electrons. The second kappa shape index (κ2) is 6.40. The molecule has 100 valence electrons. The van der Waals surface area contributed by atoms with E-state index in [1.807, 2.05) is 12.4 Å². The zero-order valence-electron chi connectivity index (χ0n) is 10.6. The van der Waals surface area contributed by atoms with E-state index in [0.717, 1.165) is 30.8 Å². The monoisotopic (exact) mass is 277 g/mol. The van der Waals surface area contributed by atoms with Crippen molar-refractivity contribution in [1.82, 2.24) is 10.3 Å². The molecule has 2 aromatic rings. The maximum atomic E-state index is 10.5. The molecular formula is C13H15N3O2S. The third kappa shape index (κ3) is 3.84. The van der Waals surface area contributed by atoms with Gasteiger partial charge in [-0.2, -0.15) is 0 Å². The van der Waals surface area contributed by atoms with Gasteiger partial charge in [-0.3, -0.25) is 10.1 Å². The lowest BCUT2D eigenvalue weighted by atomic mass is 10.2. The van der Waals surface area contributed by atoms with Crippen LogP contribution < -0.4 is 5.32 Å². The van der Waals surface area contributed by atoms with Crippen molar-refractivity contribution in [3.8, 4) is 0 Å². The van der Waals surface area contributed by atoms with Crippen LogP contribution in [0.2, 0.25) is 0 Å². The number of hydrogen-bond acceptors (Lipinski definition) is 5. The molecule has 0 saturated heterocycles. The molecule has 2 rings (SSSR count). The lowest BCUT2D eigenvalue weighted by Crippen LogP contribution is -2.16. The second-order valence-corrected chi connectivity index (χ2v) is 5.15. The first-order valence-corrected chi connectivity index (χ1v) is 6.88. The number of rotatable bonds is 6. The van der Waals surface area contributed by atoms with Crippen LogP contribution in [0.1, 0.15) is 16.1 Å². The van der Waals surface area contributed by atoms with Crippen molar-refractivity contribution in [3.05, 3.63) is 56.0 Å². The zero-order chi connectivity index (χ0) is 13.7. The molecular weight excluding hydrogens is 262 g/mol. The highest BCUT2D eigenvalue weighted by molar-refractivity contribution is 7.09. The Morgan fingerprint density at radius 2 is 2.11 bits per heavy atom. The smallest absolute Gasteiger partial charge is 0.269 e. The van der Waals surface area contributed by atoms with Gasteiger partial charge in [-0.05, 0) is 18.9 Å². The quantitative estimate of drug-likeness (QED) is 0.501. The summed E-state index contributed by atoms with van der Waals surface area (Å²) >= 11 is 1.67. The van der Waals surface area contributed by atoms with Crippen LogP contribution in [0, 0.1) is 17.0 Å². The van der Waals surface area contributed by atoms with Crippen LogP contribution in [0.3, 0.4) is 0 Å². The SMILES string of the molecule is Cc1ncsc1CCNCc1ccc([N+](=O)[O-])cc1. The van der Waals surface area contributed by atoms with Crippen molar-refractivity contribution in [2.75, 3.05) is 6.54 Å². The lowest BCUT2D eigenvalue weighted by molar-refractivity contribution is -0.384. The standard InChI is InChI=1S/C13H15N3O2S/c1-10-13(19-9-15-10)6-7-14-8-11-2-4-12(5-3-11)16(17)18/h2-5,9,14H,6-8H2,1H3. The van der Waals surface area contributed by atoms with Crippen molar-refractivity contribution in [3.63, 3.8) is 0 Å². The summed E-state index contributed by atoms with van der Waals surface area (Å²) < 4.78 is 0. The Hall–Kier alpha value is -1.79. The summed E-state index contributed by atoms with van der Waals surface area (Å²) in [5, 5.41) is 13.8. The zero-order valence-corrected chi connectivity index (χ0v) is 11.4. The number of hydrogen-bond donors (Lipinski definition) is 1.